The number of carbonyl (C=O) groups is 1. The van der Waals surface area contributed by atoms with Gasteiger partial charge in [0.25, 0.3) is 5.56 Å². The van der Waals surface area contributed by atoms with Crippen LogP contribution in [0.2, 0.25) is 0 Å². The van der Waals surface area contributed by atoms with Gasteiger partial charge < -0.3 is 19.5 Å². The van der Waals surface area contributed by atoms with Gasteiger partial charge in [0.15, 0.2) is 0 Å². The molecule has 1 N–H and O–H groups in total. The van der Waals surface area contributed by atoms with E-state index in [0.717, 1.165) is 66.3 Å². The van der Waals surface area contributed by atoms with Crippen molar-refractivity contribution in [2.75, 3.05) is 33.8 Å². The molecule has 1 fully saturated rings. The van der Waals surface area contributed by atoms with Crippen molar-refractivity contribution in [1.29, 1.82) is 0 Å². The summed E-state index contributed by atoms with van der Waals surface area (Å²) in [4.78, 5) is 37.4. The second-order valence-corrected chi connectivity index (χ2v) is 8.85. The second kappa shape index (κ2) is 9.22. The molecule has 2 aliphatic rings. The molecular weight excluding hydrogens is 392 g/mol. The lowest BCUT2D eigenvalue weighted by Crippen LogP contribution is -2.41. The van der Waals surface area contributed by atoms with Crippen molar-refractivity contribution >= 4 is 5.91 Å². The van der Waals surface area contributed by atoms with Crippen LogP contribution in [0.25, 0.3) is 0 Å². The number of rotatable bonds is 5. The number of aromatic nitrogens is 2. The number of nitrogens with one attached hydrogen (secondary N) is 1. The van der Waals surface area contributed by atoms with Gasteiger partial charge in [-0.25, -0.2) is 4.98 Å². The Morgan fingerprint density at radius 3 is 2.97 bits per heavy atom. The van der Waals surface area contributed by atoms with E-state index in [0.29, 0.717) is 25.9 Å². The van der Waals surface area contributed by atoms with E-state index >= 15 is 0 Å². The minimum absolute atomic E-state index is 0.0247. The summed E-state index contributed by atoms with van der Waals surface area (Å²) in [6.45, 7) is 4.97. The topological polar surface area (TPSA) is 78.5 Å². The van der Waals surface area contributed by atoms with Crippen molar-refractivity contribution in [1.82, 2.24) is 19.8 Å². The van der Waals surface area contributed by atoms with Crippen molar-refractivity contribution in [2.45, 2.75) is 51.5 Å². The maximum absolute atomic E-state index is 12.9. The minimum atomic E-state index is -0.0247. The van der Waals surface area contributed by atoms with Crippen LogP contribution < -0.4 is 10.3 Å². The number of amides is 1. The minimum Gasteiger partial charge on any atom is -0.496 e. The van der Waals surface area contributed by atoms with Gasteiger partial charge in [0, 0.05) is 44.9 Å². The largest absolute Gasteiger partial charge is 0.496 e. The van der Waals surface area contributed by atoms with Crippen LogP contribution in [0.4, 0.5) is 0 Å². The normalized spacial score (nSPS) is 19.2. The lowest BCUT2D eigenvalue weighted by Gasteiger charge is -2.33. The van der Waals surface area contributed by atoms with E-state index in [2.05, 4.69) is 16.0 Å². The number of aryl methyl sites for hydroxylation is 2. The predicted octanol–water partition coefficient (Wildman–Crippen LogP) is 2.41. The van der Waals surface area contributed by atoms with Gasteiger partial charge in [-0.05, 0) is 50.4 Å². The van der Waals surface area contributed by atoms with E-state index in [1.807, 2.05) is 31.0 Å². The molecule has 7 nitrogen and oxygen atoms in total. The summed E-state index contributed by atoms with van der Waals surface area (Å²) in [5, 5.41) is 0. The molecule has 166 valence electrons. The third-order valence-corrected chi connectivity index (χ3v) is 6.54. The molecule has 1 amide bonds. The quantitative estimate of drug-likeness (QED) is 0.798. The zero-order chi connectivity index (χ0) is 22.0. The van der Waals surface area contributed by atoms with Crippen LogP contribution in [-0.4, -0.2) is 59.5 Å². The van der Waals surface area contributed by atoms with Crippen molar-refractivity contribution in [3.05, 3.63) is 56.8 Å². The van der Waals surface area contributed by atoms with E-state index in [1.165, 1.54) is 0 Å². The van der Waals surface area contributed by atoms with Crippen molar-refractivity contribution < 1.29 is 9.53 Å². The third-order valence-electron chi connectivity index (χ3n) is 6.54. The monoisotopic (exact) mass is 424 g/mol. The molecule has 1 saturated heterocycles. The van der Waals surface area contributed by atoms with Gasteiger partial charge in [0.2, 0.25) is 5.91 Å². The molecule has 1 aromatic heterocycles. The smallest absolute Gasteiger partial charge is 0.255 e. The number of piperidine rings is 1. The van der Waals surface area contributed by atoms with Gasteiger partial charge in [0.05, 0.1) is 18.4 Å². The number of likely N-dealkylation sites (N-methyl/N-ethyl adjacent to an activating group) is 1. The SMILES string of the molecule is COc1cc(CCC(=O)N2CCC[C@@H](c3nc4c(c(=O)[nH]3)CN(C)CC4)C2)ccc1C. The number of H-pyrrole nitrogens is 1. The number of methoxy groups -OCH3 is 1. The fourth-order valence-corrected chi connectivity index (χ4v) is 4.63. The number of hydrogen-bond acceptors (Lipinski definition) is 5. The molecular formula is C24H32N4O3. The molecule has 0 unspecified atom stereocenters. The Kier molecular flexibility index (Phi) is 6.41. The summed E-state index contributed by atoms with van der Waals surface area (Å²) in [5.41, 5.74) is 3.89. The molecule has 1 aromatic carbocycles. The number of ether oxygens (including phenoxy) is 1. The first-order chi connectivity index (χ1) is 14.9. The Morgan fingerprint density at radius 2 is 2.16 bits per heavy atom. The molecule has 0 bridgehead atoms. The molecule has 2 aromatic rings. The lowest BCUT2D eigenvalue weighted by molar-refractivity contribution is -0.132. The Balaban J connectivity index is 1.41. The van der Waals surface area contributed by atoms with E-state index in [4.69, 9.17) is 9.72 Å². The molecule has 0 aliphatic carbocycles. The van der Waals surface area contributed by atoms with Crippen molar-refractivity contribution in [2.24, 2.45) is 0 Å². The Labute approximate surface area is 183 Å². The van der Waals surface area contributed by atoms with E-state index in [9.17, 15) is 9.59 Å². The highest BCUT2D eigenvalue weighted by Crippen LogP contribution is 2.26. The average Bonchev–Trinajstić information content (AvgIpc) is 2.78. The number of nitrogens with zero attached hydrogens (tertiary/aromatic N) is 3. The standard InChI is InChI=1S/C24H32N4O3/c1-16-6-7-17(13-21(16)31-3)8-9-22(29)28-11-4-5-18(14-28)23-25-20-10-12-27(2)15-19(20)24(30)26-23/h6-7,13,18H,4-5,8-12,14-15H2,1-3H3,(H,25,26,30)/t18-/m1/s1. The zero-order valence-electron chi connectivity index (χ0n) is 18.7. The molecule has 31 heavy (non-hydrogen) atoms. The van der Waals surface area contributed by atoms with Gasteiger partial charge in [-0.3, -0.25) is 9.59 Å². The van der Waals surface area contributed by atoms with E-state index < -0.39 is 0 Å². The number of fused-ring (bicyclic) bond motifs is 1. The lowest BCUT2D eigenvalue weighted by atomic mass is 9.95. The fraction of sp³-hybridized carbons (Fsp3) is 0.542. The summed E-state index contributed by atoms with van der Waals surface area (Å²) < 4.78 is 5.39. The summed E-state index contributed by atoms with van der Waals surface area (Å²) in [6.07, 6.45) is 3.84. The number of likely N-dealkylation sites (tertiary alicyclic amines) is 1. The van der Waals surface area contributed by atoms with Crippen LogP contribution in [0.15, 0.2) is 23.0 Å². The molecule has 2 aliphatic heterocycles. The van der Waals surface area contributed by atoms with Crippen LogP contribution in [0.3, 0.4) is 0 Å². The first-order valence-corrected chi connectivity index (χ1v) is 11.2. The van der Waals surface area contributed by atoms with Crippen LogP contribution in [0.5, 0.6) is 5.75 Å². The molecule has 0 spiro atoms. The highest BCUT2D eigenvalue weighted by atomic mass is 16.5. The zero-order valence-corrected chi connectivity index (χ0v) is 18.7. The van der Waals surface area contributed by atoms with Gasteiger partial charge in [-0.1, -0.05) is 12.1 Å². The molecule has 3 heterocycles. The Bertz CT molecular complexity index is 1020. The van der Waals surface area contributed by atoms with Gasteiger partial charge in [-0.2, -0.15) is 0 Å². The third kappa shape index (κ3) is 4.82. The summed E-state index contributed by atoms with van der Waals surface area (Å²) >= 11 is 0. The van der Waals surface area contributed by atoms with Crippen molar-refractivity contribution in [3.63, 3.8) is 0 Å². The first kappa shape index (κ1) is 21.6. The highest BCUT2D eigenvalue weighted by Gasteiger charge is 2.28. The maximum Gasteiger partial charge on any atom is 0.255 e. The van der Waals surface area contributed by atoms with Crippen LogP contribution >= 0.6 is 0 Å². The van der Waals surface area contributed by atoms with Crippen LogP contribution in [0.1, 0.15) is 53.4 Å². The van der Waals surface area contributed by atoms with Gasteiger partial charge in [-0.15, -0.1) is 0 Å². The first-order valence-electron chi connectivity index (χ1n) is 11.2. The Morgan fingerprint density at radius 1 is 1.32 bits per heavy atom. The van der Waals surface area contributed by atoms with Crippen LogP contribution in [-0.2, 0) is 24.2 Å². The summed E-state index contributed by atoms with van der Waals surface area (Å²) in [6, 6.07) is 6.11. The molecule has 1 atom stereocenters. The molecule has 0 radical (unpaired) electrons. The van der Waals surface area contributed by atoms with Gasteiger partial charge >= 0.3 is 0 Å². The van der Waals surface area contributed by atoms with Crippen LogP contribution in [0, 0.1) is 6.92 Å². The maximum atomic E-state index is 12.9. The number of carbonyl (C=O) groups excluding carboxylic acids is 1. The van der Waals surface area contributed by atoms with Gasteiger partial charge in [0.1, 0.15) is 11.6 Å². The Hall–Kier alpha value is -2.67. The second-order valence-electron chi connectivity index (χ2n) is 8.85. The molecule has 0 saturated carbocycles. The van der Waals surface area contributed by atoms with Crippen molar-refractivity contribution in [3.8, 4) is 5.75 Å². The number of aromatic amines is 1. The summed E-state index contributed by atoms with van der Waals surface area (Å²) in [5.74, 6) is 1.85. The molecule has 4 rings (SSSR count). The number of hydrogen-bond donors (Lipinski definition) is 1. The number of benzene rings is 1. The fourth-order valence-electron chi connectivity index (χ4n) is 4.63. The average molecular weight is 425 g/mol. The van der Waals surface area contributed by atoms with E-state index in [-0.39, 0.29) is 17.4 Å². The highest BCUT2D eigenvalue weighted by molar-refractivity contribution is 5.76. The molecule has 7 heteroatoms. The predicted molar refractivity (Wildman–Crippen MR) is 120 cm³/mol. The summed E-state index contributed by atoms with van der Waals surface area (Å²) in [7, 11) is 3.69. The van der Waals surface area contributed by atoms with E-state index in [1.54, 1.807) is 7.11 Å².